The summed E-state index contributed by atoms with van der Waals surface area (Å²) in [5.74, 6) is 2.35. The number of fused-ring (bicyclic) bond motifs is 3. The van der Waals surface area contributed by atoms with Crippen molar-refractivity contribution in [1.82, 2.24) is 0 Å². The van der Waals surface area contributed by atoms with Crippen LogP contribution in [0.2, 0.25) is 0 Å². The number of aliphatic hydroxyl groups is 1. The molecule has 6 atom stereocenters. The average molecular weight is 388 g/mol. The summed E-state index contributed by atoms with van der Waals surface area (Å²) in [7, 11) is 0. The van der Waals surface area contributed by atoms with Gasteiger partial charge in [-0.05, 0) is 87.9 Å². The second-order valence-corrected chi connectivity index (χ2v) is 9.22. The van der Waals surface area contributed by atoms with Gasteiger partial charge in [0.15, 0.2) is 0 Å². The van der Waals surface area contributed by atoms with Crippen LogP contribution in [-0.2, 0) is 0 Å². The average Bonchev–Trinajstić information content (AvgIpc) is 2.65. The zero-order valence-electron chi connectivity index (χ0n) is 13.2. The van der Waals surface area contributed by atoms with E-state index in [0.29, 0.717) is 10.8 Å². The normalized spacial score (nSPS) is 52.0. The highest BCUT2D eigenvalue weighted by atomic mass is 127. The third kappa shape index (κ3) is 2.20. The van der Waals surface area contributed by atoms with E-state index in [4.69, 9.17) is 0 Å². The number of halogens is 1. The quantitative estimate of drug-likeness (QED) is 0.603. The van der Waals surface area contributed by atoms with E-state index in [0.717, 1.165) is 30.6 Å². The van der Waals surface area contributed by atoms with Gasteiger partial charge >= 0.3 is 0 Å². The van der Waals surface area contributed by atoms with Gasteiger partial charge in [0.1, 0.15) is 0 Å². The molecule has 4 unspecified atom stereocenters. The number of aliphatic hydroxyl groups excluding tert-OH is 1. The summed E-state index contributed by atoms with van der Waals surface area (Å²) in [6, 6.07) is 0. The largest absolute Gasteiger partial charge is 0.393 e. The number of allylic oxidation sites excluding steroid dienone is 2. The van der Waals surface area contributed by atoms with Crippen molar-refractivity contribution in [3.63, 3.8) is 0 Å². The zero-order chi connectivity index (χ0) is 14.5. The van der Waals surface area contributed by atoms with Crippen LogP contribution >= 0.6 is 22.6 Å². The minimum absolute atomic E-state index is 0.0588. The molecule has 3 rings (SSSR count). The van der Waals surface area contributed by atoms with Crippen molar-refractivity contribution in [2.45, 2.75) is 71.8 Å². The van der Waals surface area contributed by atoms with Gasteiger partial charge in [0.2, 0.25) is 0 Å². The Balaban J connectivity index is 1.94. The molecule has 114 valence electrons. The van der Waals surface area contributed by atoms with Crippen LogP contribution in [0.4, 0.5) is 0 Å². The minimum atomic E-state index is -0.0588. The van der Waals surface area contributed by atoms with Gasteiger partial charge in [0.25, 0.3) is 0 Å². The van der Waals surface area contributed by atoms with Crippen molar-refractivity contribution in [2.75, 3.05) is 0 Å². The van der Waals surface area contributed by atoms with E-state index in [1.165, 1.54) is 32.1 Å². The lowest BCUT2D eigenvalue weighted by Crippen LogP contribution is -2.44. The summed E-state index contributed by atoms with van der Waals surface area (Å²) >= 11 is 2.58. The number of hydrogen-bond donors (Lipinski definition) is 1. The van der Waals surface area contributed by atoms with E-state index in [2.05, 4.69) is 49.4 Å². The van der Waals surface area contributed by atoms with Crippen LogP contribution in [0.5, 0.6) is 0 Å². The molecule has 0 saturated heterocycles. The van der Waals surface area contributed by atoms with E-state index < -0.39 is 0 Å². The molecule has 0 aromatic rings. The highest BCUT2D eigenvalue weighted by molar-refractivity contribution is 14.1. The van der Waals surface area contributed by atoms with Gasteiger partial charge in [0, 0.05) is 5.41 Å². The van der Waals surface area contributed by atoms with Crippen molar-refractivity contribution < 1.29 is 5.11 Å². The van der Waals surface area contributed by atoms with Gasteiger partial charge < -0.3 is 5.11 Å². The smallest absolute Gasteiger partial charge is 0.0543 e. The molecule has 2 saturated carbocycles. The molecule has 0 heterocycles. The Bertz CT molecular complexity index is 418. The minimum Gasteiger partial charge on any atom is -0.393 e. The molecule has 1 nitrogen and oxygen atoms in total. The molecule has 0 amide bonds. The highest BCUT2D eigenvalue weighted by Gasteiger charge is 2.54. The van der Waals surface area contributed by atoms with E-state index >= 15 is 0 Å². The Morgan fingerprint density at radius 2 is 2.00 bits per heavy atom. The Morgan fingerprint density at radius 3 is 2.70 bits per heavy atom. The van der Waals surface area contributed by atoms with Crippen LogP contribution in [0, 0.1) is 28.6 Å². The first-order valence-electron chi connectivity index (χ1n) is 8.45. The lowest BCUT2D eigenvalue weighted by atomic mass is 9.53. The maximum Gasteiger partial charge on any atom is 0.0543 e. The van der Waals surface area contributed by atoms with Crippen LogP contribution in [0.1, 0.15) is 65.7 Å². The first-order chi connectivity index (χ1) is 9.40. The zero-order valence-corrected chi connectivity index (χ0v) is 15.3. The van der Waals surface area contributed by atoms with Gasteiger partial charge in [-0.15, -0.1) is 0 Å². The van der Waals surface area contributed by atoms with Gasteiger partial charge in [-0.3, -0.25) is 0 Å². The molecule has 0 bridgehead atoms. The molecule has 3 aliphatic rings. The molecule has 0 aromatic heterocycles. The molecular formula is C18H29IO. The van der Waals surface area contributed by atoms with Crippen LogP contribution < -0.4 is 0 Å². The molecule has 2 fully saturated rings. The maximum absolute atomic E-state index is 10.4. The Kier molecular flexibility index (Phi) is 4.03. The van der Waals surface area contributed by atoms with E-state index in [9.17, 15) is 5.11 Å². The van der Waals surface area contributed by atoms with Crippen LogP contribution in [0.25, 0.3) is 0 Å². The Morgan fingerprint density at radius 1 is 1.25 bits per heavy atom. The van der Waals surface area contributed by atoms with Gasteiger partial charge in [-0.2, -0.15) is 0 Å². The fraction of sp³-hybridized carbons (Fsp3) is 0.889. The van der Waals surface area contributed by atoms with Crippen molar-refractivity contribution in [1.29, 1.82) is 0 Å². The predicted octanol–water partition coefficient (Wildman–Crippen LogP) is 5.32. The lowest BCUT2D eigenvalue weighted by molar-refractivity contribution is -0.0169. The first kappa shape index (κ1) is 15.3. The maximum atomic E-state index is 10.4. The topological polar surface area (TPSA) is 20.2 Å². The van der Waals surface area contributed by atoms with Gasteiger partial charge in [-0.25, -0.2) is 0 Å². The standard InChI is InChI=1S/C18H29IO/c1-4-17(2)9-7-12(20)11-13-14(17)8-10-18(3)15(13)5-6-16(18)19/h6,12-15,20H,4-5,7-11H2,1-3H3/t12?,13?,14?,15?,17-,18+/m1/s1. The molecule has 0 radical (unpaired) electrons. The number of hydrogen-bond acceptors (Lipinski definition) is 1. The fourth-order valence-electron chi connectivity index (χ4n) is 5.55. The Labute approximate surface area is 137 Å². The summed E-state index contributed by atoms with van der Waals surface area (Å²) in [6.45, 7) is 7.34. The second-order valence-electron chi connectivity index (χ2n) is 8.06. The summed E-state index contributed by atoms with van der Waals surface area (Å²) in [5.41, 5.74) is 0.873. The van der Waals surface area contributed by atoms with Gasteiger partial charge in [-0.1, -0.05) is 33.3 Å². The molecular weight excluding hydrogens is 359 g/mol. The molecule has 0 spiro atoms. The molecule has 2 heteroatoms. The van der Waals surface area contributed by atoms with E-state index in [-0.39, 0.29) is 6.10 Å². The van der Waals surface area contributed by atoms with Crippen LogP contribution in [0.15, 0.2) is 9.66 Å². The SMILES string of the molecule is CC[C@]1(C)CCC(O)CC2C1CC[C@]1(C)C(I)=CCC21. The third-order valence-corrected chi connectivity index (χ3v) is 8.89. The summed E-state index contributed by atoms with van der Waals surface area (Å²) in [5, 5.41) is 10.4. The van der Waals surface area contributed by atoms with Crippen molar-refractivity contribution in [2.24, 2.45) is 28.6 Å². The summed E-state index contributed by atoms with van der Waals surface area (Å²) in [6.07, 6.45) is 11.0. The molecule has 3 aliphatic carbocycles. The van der Waals surface area contributed by atoms with Gasteiger partial charge in [0.05, 0.1) is 6.10 Å². The third-order valence-electron chi connectivity index (χ3n) is 7.22. The molecule has 0 aromatic carbocycles. The monoisotopic (exact) mass is 388 g/mol. The molecule has 1 N–H and O–H groups in total. The fourth-order valence-corrected chi connectivity index (χ4v) is 6.47. The van der Waals surface area contributed by atoms with Crippen molar-refractivity contribution >= 4 is 22.6 Å². The second kappa shape index (κ2) is 5.26. The lowest BCUT2D eigenvalue weighted by Gasteiger charge is -2.52. The van der Waals surface area contributed by atoms with Crippen molar-refractivity contribution in [3.05, 3.63) is 9.66 Å². The summed E-state index contributed by atoms with van der Waals surface area (Å²) in [4.78, 5) is 0. The van der Waals surface area contributed by atoms with E-state index in [1.54, 1.807) is 3.58 Å². The summed E-state index contributed by atoms with van der Waals surface area (Å²) < 4.78 is 1.59. The first-order valence-corrected chi connectivity index (χ1v) is 9.53. The highest BCUT2D eigenvalue weighted by Crippen LogP contribution is 2.63. The van der Waals surface area contributed by atoms with Crippen LogP contribution in [0.3, 0.4) is 0 Å². The molecule has 20 heavy (non-hydrogen) atoms. The molecule has 0 aliphatic heterocycles. The van der Waals surface area contributed by atoms with E-state index in [1.807, 2.05) is 0 Å². The van der Waals surface area contributed by atoms with Crippen LogP contribution in [-0.4, -0.2) is 11.2 Å². The number of rotatable bonds is 1. The van der Waals surface area contributed by atoms with Crippen molar-refractivity contribution in [3.8, 4) is 0 Å². The Hall–Kier alpha value is 0.430. The predicted molar refractivity (Wildman–Crippen MR) is 92.8 cm³/mol.